The number of nitrogens with two attached hydrogens (primary N) is 1. The third-order valence-electron chi connectivity index (χ3n) is 2.73. The number of halogens is 1. The number of carboxylic acid groups (broad SMARTS) is 1. The van der Waals surface area contributed by atoms with Crippen molar-refractivity contribution in [3.63, 3.8) is 0 Å². The van der Waals surface area contributed by atoms with Crippen LogP contribution in [0.15, 0.2) is 12.1 Å². The van der Waals surface area contributed by atoms with Gasteiger partial charge in [0.05, 0.1) is 0 Å². The number of carboxylic acids is 1. The summed E-state index contributed by atoms with van der Waals surface area (Å²) in [6.45, 7) is 0.978. The number of ether oxygens (including phenoxy) is 2. The van der Waals surface area contributed by atoms with Gasteiger partial charge in [0.25, 0.3) is 0 Å². The first kappa shape index (κ1) is 13.0. The van der Waals surface area contributed by atoms with Crippen LogP contribution in [0.3, 0.4) is 0 Å². The van der Waals surface area contributed by atoms with Gasteiger partial charge in [-0.25, -0.2) is 0 Å². The summed E-state index contributed by atoms with van der Waals surface area (Å²) in [4.78, 5) is 10.5. The number of carbonyl (C=O) groups is 1. The van der Waals surface area contributed by atoms with E-state index in [2.05, 4.69) is 0 Å². The van der Waals surface area contributed by atoms with Crippen molar-refractivity contribution >= 4 is 17.6 Å². The lowest BCUT2D eigenvalue weighted by Crippen LogP contribution is -2.17. The molecule has 5 nitrogen and oxygen atoms in total. The molecule has 0 saturated carbocycles. The second kappa shape index (κ2) is 5.46. The molecule has 0 radical (unpaired) electrons. The van der Waals surface area contributed by atoms with Gasteiger partial charge in [-0.05, 0) is 18.1 Å². The van der Waals surface area contributed by atoms with Crippen molar-refractivity contribution in [3.8, 4) is 11.5 Å². The number of hydrogen-bond acceptors (Lipinski definition) is 4. The highest BCUT2D eigenvalue weighted by molar-refractivity contribution is 6.31. The fourth-order valence-corrected chi connectivity index (χ4v) is 2.09. The predicted octanol–water partition coefficient (Wildman–Crippen LogP) is 1.98. The maximum atomic E-state index is 10.5. The number of rotatable bonds is 4. The molecule has 1 aromatic carbocycles. The van der Waals surface area contributed by atoms with Crippen molar-refractivity contribution in [1.82, 2.24) is 0 Å². The molecular formula is C12H14ClNO4. The van der Waals surface area contributed by atoms with Crippen LogP contribution >= 0.6 is 11.6 Å². The zero-order valence-corrected chi connectivity index (χ0v) is 10.4. The summed E-state index contributed by atoms with van der Waals surface area (Å²) in [7, 11) is 0. The van der Waals surface area contributed by atoms with Gasteiger partial charge in [0, 0.05) is 23.6 Å². The Morgan fingerprint density at radius 3 is 2.61 bits per heavy atom. The van der Waals surface area contributed by atoms with Crippen LogP contribution in [0.25, 0.3) is 0 Å². The van der Waals surface area contributed by atoms with Gasteiger partial charge >= 0.3 is 5.97 Å². The SMILES string of the molecule is NC(CCC(=O)O)c1cc2c(cc1Cl)OCCO2. The second-order valence-electron chi connectivity index (χ2n) is 4.06. The molecule has 1 aromatic rings. The molecule has 1 aliphatic heterocycles. The van der Waals surface area contributed by atoms with Crippen LogP contribution in [0.2, 0.25) is 5.02 Å². The maximum Gasteiger partial charge on any atom is 0.303 e. The summed E-state index contributed by atoms with van der Waals surface area (Å²) in [5.74, 6) is 0.325. The lowest BCUT2D eigenvalue weighted by molar-refractivity contribution is -0.137. The molecule has 0 fully saturated rings. The van der Waals surface area contributed by atoms with Crippen LogP contribution in [0.1, 0.15) is 24.4 Å². The van der Waals surface area contributed by atoms with E-state index >= 15 is 0 Å². The van der Waals surface area contributed by atoms with Crippen LogP contribution < -0.4 is 15.2 Å². The Hall–Kier alpha value is -1.46. The van der Waals surface area contributed by atoms with E-state index in [0.29, 0.717) is 41.7 Å². The Morgan fingerprint density at radius 2 is 2.00 bits per heavy atom. The standard InChI is InChI=1S/C12H14ClNO4/c13-8-6-11-10(17-3-4-18-11)5-7(8)9(14)1-2-12(15)16/h5-6,9H,1-4,14H2,(H,15,16). The number of fused-ring (bicyclic) bond motifs is 1. The molecule has 1 aliphatic rings. The molecule has 0 aliphatic carbocycles. The van der Waals surface area contributed by atoms with E-state index in [0.717, 1.165) is 0 Å². The number of benzene rings is 1. The Labute approximate surface area is 109 Å². The quantitative estimate of drug-likeness (QED) is 0.875. The van der Waals surface area contributed by atoms with Gasteiger partial charge in [0.1, 0.15) is 13.2 Å². The number of aliphatic carboxylic acids is 1. The molecule has 1 heterocycles. The molecule has 18 heavy (non-hydrogen) atoms. The van der Waals surface area contributed by atoms with Gasteiger partial charge in [0.15, 0.2) is 11.5 Å². The fraction of sp³-hybridized carbons (Fsp3) is 0.417. The summed E-state index contributed by atoms with van der Waals surface area (Å²) in [6.07, 6.45) is 0.334. The van der Waals surface area contributed by atoms with Gasteiger partial charge in [-0.15, -0.1) is 0 Å². The molecule has 0 saturated heterocycles. The predicted molar refractivity (Wildman–Crippen MR) is 66.2 cm³/mol. The minimum absolute atomic E-state index is 0.00589. The van der Waals surface area contributed by atoms with Gasteiger partial charge < -0.3 is 20.3 Å². The third-order valence-corrected chi connectivity index (χ3v) is 3.06. The third kappa shape index (κ3) is 2.86. The average Bonchev–Trinajstić information content (AvgIpc) is 2.35. The molecule has 0 bridgehead atoms. The molecule has 0 aromatic heterocycles. The molecule has 1 atom stereocenters. The first-order chi connectivity index (χ1) is 8.58. The smallest absolute Gasteiger partial charge is 0.303 e. The highest BCUT2D eigenvalue weighted by Crippen LogP contribution is 2.37. The molecule has 3 N–H and O–H groups in total. The number of hydrogen-bond donors (Lipinski definition) is 2. The summed E-state index contributed by atoms with van der Waals surface area (Å²) >= 11 is 6.11. The van der Waals surface area contributed by atoms with Gasteiger partial charge in [-0.3, -0.25) is 4.79 Å². The van der Waals surface area contributed by atoms with E-state index < -0.39 is 12.0 Å². The summed E-state index contributed by atoms with van der Waals surface area (Å²) < 4.78 is 10.8. The lowest BCUT2D eigenvalue weighted by Gasteiger charge is -2.21. The molecule has 98 valence electrons. The topological polar surface area (TPSA) is 81.8 Å². The van der Waals surface area contributed by atoms with Crippen molar-refractivity contribution in [2.24, 2.45) is 5.73 Å². The van der Waals surface area contributed by atoms with Crippen LogP contribution in [0, 0.1) is 0 Å². The first-order valence-electron chi connectivity index (χ1n) is 5.64. The minimum Gasteiger partial charge on any atom is -0.486 e. The van der Waals surface area contributed by atoms with Crippen molar-refractivity contribution in [1.29, 1.82) is 0 Å². The minimum atomic E-state index is -0.876. The fourth-order valence-electron chi connectivity index (χ4n) is 1.80. The maximum absolute atomic E-state index is 10.5. The molecule has 0 amide bonds. The van der Waals surface area contributed by atoms with Crippen molar-refractivity contribution in [3.05, 3.63) is 22.7 Å². The molecule has 0 spiro atoms. The molecule has 1 unspecified atom stereocenters. The van der Waals surface area contributed by atoms with Crippen LogP contribution in [-0.4, -0.2) is 24.3 Å². The Kier molecular flexibility index (Phi) is 3.93. The van der Waals surface area contributed by atoms with Gasteiger partial charge in [-0.1, -0.05) is 11.6 Å². The van der Waals surface area contributed by atoms with E-state index in [1.165, 1.54) is 0 Å². The van der Waals surface area contributed by atoms with Crippen LogP contribution in [-0.2, 0) is 4.79 Å². The van der Waals surface area contributed by atoms with Gasteiger partial charge in [0.2, 0.25) is 0 Å². The van der Waals surface area contributed by atoms with Crippen LogP contribution in [0.5, 0.6) is 11.5 Å². The highest BCUT2D eigenvalue weighted by atomic mass is 35.5. The average molecular weight is 272 g/mol. The monoisotopic (exact) mass is 271 g/mol. The lowest BCUT2D eigenvalue weighted by atomic mass is 10.0. The van der Waals surface area contributed by atoms with Crippen molar-refractivity contribution in [2.45, 2.75) is 18.9 Å². The van der Waals surface area contributed by atoms with Crippen LogP contribution in [0.4, 0.5) is 0 Å². The first-order valence-corrected chi connectivity index (χ1v) is 6.02. The zero-order chi connectivity index (χ0) is 13.1. The molecule has 2 rings (SSSR count). The zero-order valence-electron chi connectivity index (χ0n) is 9.69. The van der Waals surface area contributed by atoms with E-state index in [1.807, 2.05) is 0 Å². The Morgan fingerprint density at radius 1 is 1.39 bits per heavy atom. The van der Waals surface area contributed by atoms with E-state index in [4.69, 9.17) is 31.9 Å². The summed E-state index contributed by atoms with van der Waals surface area (Å²) in [5, 5.41) is 9.11. The normalized spacial score (nSPS) is 15.2. The Bertz CT molecular complexity index is 464. The van der Waals surface area contributed by atoms with E-state index in [1.54, 1.807) is 12.1 Å². The summed E-state index contributed by atoms with van der Waals surface area (Å²) in [5.41, 5.74) is 6.62. The van der Waals surface area contributed by atoms with Gasteiger partial charge in [-0.2, -0.15) is 0 Å². The highest BCUT2D eigenvalue weighted by Gasteiger charge is 2.19. The van der Waals surface area contributed by atoms with E-state index in [-0.39, 0.29) is 6.42 Å². The van der Waals surface area contributed by atoms with E-state index in [9.17, 15) is 4.79 Å². The Balaban J connectivity index is 2.19. The van der Waals surface area contributed by atoms with Crippen molar-refractivity contribution < 1.29 is 19.4 Å². The van der Waals surface area contributed by atoms with Crippen molar-refractivity contribution in [2.75, 3.05) is 13.2 Å². The molecular weight excluding hydrogens is 258 g/mol. The largest absolute Gasteiger partial charge is 0.486 e. The second-order valence-corrected chi connectivity index (χ2v) is 4.46. The summed E-state index contributed by atoms with van der Waals surface area (Å²) in [6, 6.07) is 2.96. The molecule has 6 heteroatoms.